The van der Waals surface area contributed by atoms with E-state index in [4.69, 9.17) is 52.2 Å². The van der Waals surface area contributed by atoms with Gasteiger partial charge in [-0.25, -0.2) is 0 Å². The largest absolute Gasteiger partial charge is 0.674 e. The van der Waals surface area contributed by atoms with Crippen molar-refractivity contribution in [2.45, 2.75) is 237 Å². The van der Waals surface area contributed by atoms with Crippen molar-refractivity contribution in [1.82, 2.24) is 0 Å². The van der Waals surface area contributed by atoms with Crippen LogP contribution < -0.4 is 0 Å². The molecule has 0 aromatic rings. The van der Waals surface area contributed by atoms with Gasteiger partial charge in [0, 0.05) is 54.9 Å². The molecule has 13 nitrogen and oxygen atoms in total. The molecule has 53 heavy (non-hydrogen) atoms. The SMILES string of the molecule is CCC(C)O[Si](OC(C)CC)(OC(C)CC)O[Si](O)(O[Si](OC(C)CC)(OC(C)CC)OC(C)CC)O[Si](OC(C)CC)(OC(C)CC)OC(C)CC. The zero-order valence-electron chi connectivity index (χ0n) is 36.9. The van der Waals surface area contributed by atoms with Crippen molar-refractivity contribution in [1.29, 1.82) is 0 Å². The zero-order chi connectivity index (χ0) is 41.0. The Morgan fingerprint density at radius 3 is 0.491 bits per heavy atom. The van der Waals surface area contributed by atoms with Crippen molar-refractivity contribution in [2.75, 3.05) is 0 Å². The molecule has 0 aliphatic rings. The second-order valence-corrected chi connectivity index (χ2v) is 23.0. The van der Waals surface area contributed by atoms with Gasteiger partial charge in [-0.15, -0.1) is 0 Å². The fourth-order valence-electron chi connectivity index (χ4n) is 3.97. The highest BCUT2D eigenvalue weighted by molar-refractivity contribution is 6.78. The van der Waals surface area contributed by atoms with Crippen molar-refractivity contribution in [3.8, 4) is 0 Å². The number of rotatable bonds is 33. The average molecular weight is 835 g/mol. The van der Waals surface area contributed by atoms with Gasteiger partial charge in [-0.05, 0) is 120 Å². The third-order valence-electron chi connectivity index (χ3n) is 9.05. The fourth-order valence-corrected chi connectivity index (χ4v) is 17.6. The minimum Gasteiger partial charge on any atom is -0.369 e. The normalized spacial score (nSPS) is 22.2. The maximum absolute atomic E-state index is 13.3. The fraction of sp³-hybridized carbons (Fsp3) is 1.00. The monoisotopic (exact) mass is 834 g/mol. The minimum absolute atomic E-state index is 0.384. The summed E-state index contributed by atoms with van der Waals surface area (Å²) in [4.78, 5) is 13.3. The summed E-state index contributed by atoms with van der Waals surface area (Å²) in [6.45, 7) is 35.0. The molecule has 0 fully saturated rings. The van der Waals surface area contributed by atoms with Gasteiger partial charge in [-0.3, -0.25) is 0 Å². The topological polar surface area (TPSA) is 131 Å². The Bertz CT molecular complexity index is 736. The Labute approximate surface area is 329 Å². The van der Waals surface area contributed by atoms with Crippen LogP contribution in [0.2, 0.25) is 0 Å². The van der Waals surface area contributed by atoms with E-state index >= 15 is 0 Å². The summed E-state index contributed by atoms with van der Waals surface area (Å²) in [5.74, 6) is 0. The molecule has 0 amide bonds. The second-order valence-electron chi connectivity index (χ2n) is 14.4. The van der Waals surface area contributed by atoms with Crippen molar-refractivity contribution in [3.05, 3.63) is 0 Å². The summed E-state index contributed by atoms with van der Waals surface area (Å²) < 4.78 is 80.4. The lowest BCUT2D eigenvalue weighted by atomic mass is 10.3. The lowest BCUT2D eigenvalue weighted by molar-refractivity contribution is -0.120. The molecule has 0 aliphatic heterocycles. The third kappa shape index (κ3) is 20.1. The van der Waals surface area contributed by atoms with E-state index < -0.39 is 36.2 Å². The lowest BCUT2D eigenvalue weighted by Crippen LogP contribution is -2.72. The van der Waals surface area contributed by atoms with E-state index in [1.807, 2.05) is 125 Å². The molecule has 0 aromatic heterocycles. The van der Waals surface area contributed by atoms with Crippen LogP contribution in [0, 0.1) is 0 Å². The van der Waals surface area contributed by atoms with E-state index in [1.165, 1.54) is 0 Å². The van der Waals surface area contributed by atoms with Gasteiger partial charge in [-0.2, -0.15) is 0 Å². The molecule has 1 N–H and O–H groups in total. The van der Waals surface area contributed by atoms with Gasteiger partial charge < -0.3 is 57.0 Å². The predicted molar refractivity (Wildman–Crippen MR) is 216 cm³/mol. The molecule has 0 radical (unpaired) electrons. The second kappa shape index (κ2) is 26.4. The first-order chi connectivity index (χ1) is 24.7. The average Bonchev–Trinajstić information content (AvgIpc) is 3.10. The van der Waals surface area contributed by atoms with Gasteiger partial charge in [0.05, 0.1) is 0 Å². The maximum Gasteiger partial charge on any atom is 0.674 e. The van der Waals surface area contributed by atoms with Crippen LogP contribution in [0.3, 0.4) is 0 Å². The van der Waals surface area contributed by atoms with Gasteiger partial charge in [-0.1, -0.05) is 62.3 Å². The third-order valence-corrected chi connectivity index (χ3v) is 21.4. The predicted octanol–water partition coefficient (Wildman–Crippen LogP) is 9.11. The molecule has 9 unspecified atom stereocenters. The first kappa shape index (κ1) is 53.3. The highest BCUT2D eigenvalue weighted by Gasteiger charge is 2.70. The van der Waals surface area contributed by atoms with Crippen LogP contribution in [0.1, 0.15) is 182 Å². The first-order valence-electron chi connectivity index (χ1n) is 20.6. The van der Waals surface area contributed by atoms with E-state index in [-0.39, 0.29) is 54.9 Å². The molecule has 17 heteroatoms. The van der Waals surface area contributed by atoms with E-state index in [1.54, 1.807) is 0 Å². The lowest BCUT2D eigenvalue weighted by Gasteiger charge is -2.43. The first-order valence-corrected chi connectivity index (χ1v) is 27.2. The van der Waals surface area contributed by atoms with Crippen LogP contribution in [0.25, 0.3) is 0 Å². The Hall–Kier alpha value is 0.348. The zero-order valence-corrected chi connectivity index (χ0v) is 40.9. The quantitative estimate of drug-likeness (QED) is 0.0632. The van der Waals surface area contributed by atoms with Crippen LogP contribution in [0.15, 0.2) is 0 Å². The molecule has 9 atom stereocenters. The highest BCUT2D eigenvalue weighted by atomic mass is 28.5. The van der Waals surface area contributed by atoms with E-state index in [2.05, 4.69) is 0 Å². The van der Waals surface area contributed by atoms with Crippen LogP contribution in [0.4, 0.5) is 0 Å². The molecular weight excluding hydrogens is 753 g/mol. The van der Waals surface area contributed by atoms with E-state index in [9.17, 15) is 4.80 Å². The van der Waals surface area contributed by atoms with Gasteiger partial charge in [0.15, 0.2) is 0 Å². The molecule has 0 heterocycles. The molecule has 0 spiro atoms. The summed E-state index contributed by atoms with van der Waals surface area (Å²) in [6.07, 6.45) is 2.06. The summed E-state index contributed by atoms with van der Waals surface area (Å²) >= 11 is 0. The van der Waals surface area contributed by atoms with Gasteiger partial charge in [0.25, 0.3) is 0 Å². The van der Waals surface area contributed by atoms with Crippen molar-refractivity contribution in [3.63, 3.8) is 0 Å². The molecule has 320 valence electrons. The standard InChI is InChI=1S/C36H82O13Si4/c1-19-28(10)38-51(39-29(11)20-2,40-30(12)21-3)47-50(37,48-52(41-31(13)22-4,42-32(14)23-5)43-33(15)24-6)49-53(44-34(16)25-7,45-35(17)26-8)46-36(18)27-9/h28-37H,19-27H2,1-18H3. The molecule has 0 aliphatic carbocycles. The van der Waals surface area contributed by atoms with Gasteiger partial charge >= 0.3 is 36.2 Å². The summed E-state index contributed by atoms with van der Waals surface area (Å²) in [5.41, 5.74) is 0. The number of hydrogen-bond acceptors (Lipinski definition) is 13. The molecule has 0 aromatic carbocycles. The molecule has 0 bridgehead atoms. The summed E-state index contributed by atoms with van der Waals surface area (Å²) in [5, 5.41) is 0. The molecular formula is C36H82O13Si4. The van der Waals surface area contributed by atoms with Crippen molar-refractivity contribution in [2.24, 2.45) is 0 Å². The molecule has 0 saturated heterocycles. The van der Waals surface area contributed by atoms with Crippen LogP contribution in [-0.2, 0) is 52.2 Å². The number of hydrogen-bond donors (Lipinski definition) is 1. The van der Waals surface area contributed by atoms with E-state index in [0.717, 1.165) is 0 Å². The smallest absolute Gasteiger partial charge is 0.369 e. The Kier molecular flexibility index (Phi) is 26.5. The van der Waals surface area contributed by atoms with E-state index in [0.29, 0.717) is 57.8 Å². The van der Waals surface area contributed by atoms with Crippen LogP contribution in [0.5, 0.6) is 0 Å². The summed E-state index contributed by atoms with van der Waals surface area (Å²) in [7, 11) is -18.5. The van der Waals surface area contributed by atoms with Gasteiger partial charge in [0.1, 0.15) is 0 Å². The molecule has 0 rings (SSSR count). The summed E-state index contributed by atoms with van der Waals surface area (Å²) in [6, 6.07) is 0. The van der Waals surface area contributed by atoms with Crippen molar-refractivity contribution >= 4 is 36.2 Å². The highest BCUT2D eigenvalue weighted by Crippen LogP contribution is 2.34. The minimum atomic E-state index is -5.31. The maximum atomic E-state index is 13.3. The molecule has 0 saturated carbocycles. The Morgan fingerprint density at radius 2 is 0.396 bits per heavy atom. The van der Waals surface area contributed by atoms with Gasteiger partial charge in [0.2, 0.25) is 0 Å². The Balaban J connectivity index is 8.33. The van der Waals surface area contributed by atoms with Crippen LogP contribution >= 0.6 is 0 Å². The Morgan fingerprint density at radius 1 is 0.283 bits per heavy atom. The van der Waals surface area contributed by atoms with Crippen LogP contribution in [-0.4, -0.2) is 95.9 Å². The van der Waals surface area contributed by atoms with Crippen molar-refractivity contribution < 1.29 is 57.0 Å².